The molecule has 0 saturated carbocycles. The summed E-state index contributed by atoms with van der Waals surface area (Å²) in [6.07, 6.45) is 0.403. The standard InChI is InChI=1S/C15H18N2O4/c1-9-10(5-4-6-11(9)18)14-17-16-12(21-14)7-15(2,3)8-13(19)20/h4-6,18H,7-8H2,1-3H3,(H,19,20). The highest BCUT2D eigenvalue weighted by Crippen LogP contribution is 2.30. The molecule has 6 nitrogen and oxygen atoms in total. The minimum Gasteiger partial charge on any atom is -0.508 e. The summed E-state index contributed by atoms with van der Waals surface area (Å²) in [5.74, 6) is 0.0190. The summed E-state index contributed by atoms with van der Waals surface area (Å²) in [6.45, 7) is 5.44. The van der Waals surface area contributed by atoms with Crippen LogP contribution >= 0.6 is 0 Å². The molecule has 0 aliphatic carbocycles. The number of phenols is 1. The van der Waals surface area contributed by atoms with Gasteiger partial charge in [-0.05, 0) is 24.5 Å². The van der Waals surface area contributed by atoms with Gasteiger partial charge in [-0.3, -0.25) is 4.79 Å². The molecule has 2 rings (SSSR count). The molecule has 112 valence electrons. The van der Waals surface area contributed by atoms with Crippen LogP contribution in [0.4, 0.5) is 0 Å². The fraction of sp³-hybridized carbons (Fsp3) is 0.400. The minimum absolute atomic E-state index is 0.0237. The van der Waals surface area contributed by atoms with Crippen LogP contribution in [0.1, 0.15) is 31.7 Å². The second kappa shape index (κ2) is 5.55. The summed E-state index contributed by atoms with van der Waals surface area (Å²) in [4.78, 5) is 10.8. The first-order chi connectivity index (χ1) is 9.78. The second-order valence-electron chi connectivity index (χ2n) is 5.86. The Hall–Kier alpha value is -2.37. The van der Waals surface area contributed by atoms with Gasteiger partial charge in [0.05, 0.1) is 6.42 Å². The van der Waals surface area contributed by atoms with Gasteiger partial charge in [-0.25, -0.2) is 0 Å². The molecule has 0 radical (unpaired) electrons. The summed E-state index contributed by atoms with van der Waals surface area (Å²) < 4.78 is 5.60. The van der Waals surface area contributed by atoms with Crippen molar-refractivity contribution in [3.8, 4) is 17.2 Å². The molecule has 0 amide bonds. The van der Waals surface area contributed by atoms with E-state index in [1.165, 1.54) is 0 Å². The van der Waals surface area contributed by atoms with Gasteiger partial charge in [-0.2, -0.15) is 0 Å². The Kier molecular flexibility index (Phi) is 3.97. The van der Waals surface area contributed by atoms with Crippen LogP contribution in [0, 0.1) is 12.3 Å². The van der Waals surface area contributed by atoms with Gasteiger partial charge < -0.3 is 14.6 Å². The Balaban J connectivity index is 2.22. The number of aromatic nitrogens is 2. The number of hydrogen-bond acceptors (Lipinski definition) is 5. The van der Waals surface area contributed by atoms with Crippen molar-refractivity contribution >= 4 is 5.97 Å². The number of benzene rings is 1. The number of nitrogens with zero attached hydrogens (tertiary/aromatic N) is 2. The van der Waals surface area contributed by atoms with Crippen LogP contribution in [0.25, 0.3) is 11.5 Å². The van der Waals surface area contributed by atoms with Crippen molar-refractivity contribution in [3.05, 3.63) is 29.7 Å². The number of phenolic OH excluding ortho intramolecular Hbond substituents is 1. The molecular formula is C15H18N2O4. The summed E-state index contributed by atoms with van der Waals surface area (Å²) in [5.41, 5.74) is 0.867. The number of aliphatic carboxylic acids is 1. The van der Waals surface area contributed by atoms with Crippen LogP contribution in [-0.4, -0.2) is 26.4 Å². The van der Waals surface area contributed by atoms with Crippen molar-refractivity contribution in [2.75, 3.05) is 0 Å². The van der Waals surface area contributed by atoms with Crippen LogP contribution in [0.2, 0.25) is 0 Å². The van der Waals surface area contributed by atoms with Crippen molar-refractivity contribution in [2.24, 2.45) is 5.41 Å². The van der Waals surface area contributed by atoms with E-state index < -0.39 is 11.4 Å². The fourth-order valence-corrected chi connectivity index (χ4v) is 2.17. The van der Waals surface area contributed by atoms with E-state index in [9.17, 15) is 9.90 Å². The lowest BCUT2D eigenvalue weighted by Crippen LogP contribution is -2.19. The lowest BCUT2D eigenvalue weighted by molar-refractivity contribution is -0.139. The zero-order chi connectivity index (χ0) is 15.6. The van der Waals surface area contributed by atoms with E-state index in [0.29, 0.717) is 29.3 Å². The van der Waals surface area contributed by atoms with Gasteiger partial charge in [-0.1, -0.05) is 19.9 Å². The van der Waals surface area contributed by atoms with E-state index in [-0.39, 0.29) is 12.2 Å². The second-order valence-corrected chi connectivity index (χ2v) is 5.86. The molecule has 0 aliphatic rings. The van der Waals surface area contributed by atoms with Crippen LogP contribution in [-0.2, 0) is 11.2 Å². The molecule has 2 N–H and O–H groups in total. The van der Waals surface area contributed by atoms with E-state index in [4.69, 9.17) is 9.52 Å². The molecule has 0 spiro atoms. The number of carbonyl (C=O) groups is 1. The summed E-state index contributed by atoms with van der Waals surface area (Å²) in [5, 5.41) is 26.5. The first-order valence-electron chi connectivity index (χ1n) is 6.62. The molecule has 0 unspecified atom stereocenters. The number of hydrogen-bond donors (Lipinski definition) is 2. The van der Waals surface area contributed by atoms with Crippen molar-refractivity contribution in [1.82, 2.24) is 10.2 Å². The van der Waals surface area contributed by atoms with Gasteiger partial charge >= 0.3 is 5.97 Å². The van der Waals surface area contributed by atoms with Crippen molar-refractivity contribution < 1.29 is 19.4 Å². The quantitative estimate of drug-likeness (QED) is 0.879. The van der Waals surface area contributed by atoms with Gasteiger partial charge in [0.25, 0.3) is 0 Å². The maximum atomic E-state index is 10.8. The third kappa shape index (κ3) is 3.59. The Bertz CT molecular complexity index is 661. The normalized spacial score (nSPS) is 11.6. The maximum Gasteiger partial charge on any atom is 0.303 e. The highest BCUT2D eigenvalue weighted by Gasteiger charge is 2.25. The Morgan fingerprint density at radius 3 is 2.71 bits per heavy atom. The molecule has 1 aromatic heterocycles. The van der Waals surface area contributed by atoms with E-state index in [2.05, 4.69) is 10.2 Å². The third-order valence-corrected chi connectivity index (χ3v) is 3.26. The average Bonchev–Trinajstić information content (AvgIpc) is 2.78. The van der Waals surface area contributed by atoms with Crippen molar-refractivity contribution in [2.45, 2.75) is 33.6 Å². The molecule has 0 atom stereocenters. The molecule has 21 heavy (non-hydrogen) atoms. The van der Waals surface area contributed by atoms with Gasteiger partial charge in [-0.15, -0.1) is 10.2 Å². The Labute approximate surface area is 122 Å². The van der Waals surface area contributed by atoms with Gasteiger partial charge in [0.1, 0.15) is 5.75 Å². The molecular weight excluding hydrogens is 272 g/mol. The molecule has 2 aromatic rings. The average molecular weight is 290 g/mol. The molecule has 1 aromatic carbocycles. The van der Waals surface area contributed by atoms with Crippen LogP contribution < -0.4 is 0 Å². The monoisotopic (exact) mass is 290 g/mol. The molecule has 0 saturated heterocycles. The van der Waals surface area contributed by atoms with E-state index in [1.807, 2.05) is 13.8 Å². The molecule has 0 aliphatic heterocycles. The highest BCUT2D eigenvalue weighted by molar-refractivity contribution is 5.67. The van der Waals surface area contributed by atoms with Crippen LogP contribution in [0.15, 0.2) is 22.6 Å². The van der Waals surface area contributed by atoms with Gasteiger partial charge in [0, 0.05) is 17.5 Å². The Morgan fingerprint density at radius 2 is 2.05 bits per heavy atom. The number of carboxylic acids is 1. The topological polar surface area (TPSA) is 96.5 Å². The SMILES string of the molecule is Cc1c(O)cccc1-c1nnc(CC(C)(C)CC(=O)O)o1. The maximum absolute atomic E-state index is 10.8. The predicted molar refractivity (Wildman–Crippen MR) is 75.9 cm³/mol. The number of aromatic hydroxyl groups is 1. The Morgan fingerprint density at radius 1 is 1.33 bits per heavy atom. The zero-order valence-electron chi connectivity index (χ0n) is 12.3. The number of rotatable bonds is 5. The summed E-state index contributed by atoms with van der Waals surface area (Å²) in [6, 6.07) is 5.08. The van der Waals surface area contributed by atoms with E-state index in [0.717, 1.165) is 0 Å². The van der Waals surface area contributed by atoms with Crippen LogP contribution in [0.3, 0.4) is 0 Å². The van der Waals surface area contributed by atoms with Gasteiger partial charge in [0.15, 0.2) is 0 Å². The van der Waals surface area contributed by atoms with Gasteiger partial charge in [0.2, 0.25) is 11.8 Å². The highest BCUT2D eigenvalue weighted by atomic mass is 16.4. The van der Waals surface area contributed by atoms with Crippen molar-refractivity contribution in [1.29, 1.82) is 0 Å². The zero-order valence-corrected chi connectivity index (χ0v) is 12.3. The summed E-state index contributed by atoms with van der Waals surface area (Å²) >= 11 is 0. The lowest BCUT2D eigenvalue weighted by Gasteiger charge is -2.19. The molecule has 6 heteroatoms. The van der Waals surface area contributed by atoms with E-state index >= 15 is 0 Å². The van der Waals surface area contributed by atoms with E-state index in [1.54, 1.807) is 25.1 Å². The minimum atomic E-state index is -0.858. The molecule has 0 fully saturated rings. The third-order valence-electron chi connectivity index (χ3n) is 3.26. The molecule has 1 heterocycles. The predicted octanol–water partition coefficient (Wildman–Crippen LogP) is 2.79. The summed E-state index contributed by atoms with van der Waals surface area (Å²) in [7, 11) is 0. The first kappa shape index (κ1) is 15.0. The smallest absolute Gasteiger partial charge is 0.303 e. The fourth-order valence-electron chi connectivity index (χ4n) is 2.17. The lowest BCUT2D eigenvalue weighted by atomic mass is 9.86. The largest absolute Gasteiger partial charge is 0.508 e. The first-order valence-corrected chi connectivity index (χ1v) is 6.62. The van der Waals surface area contributed by atoms with Crippen LogP contribution in [0.5, 0.6) is 5.75 Å². The number of carboxylic acid groups (broad SMARTS) is 1. The molecule has 0 bridgehead atoms. The van der Waals surface area contributed by atoms with Crippen molar-refractivity contribution in [3.63, 3.8) is 0 Å².